The molecule has 0 amide bonds. The molecule has 0 atom stereocenters. The molecule has 16 heavy (non-hydrogen) atoms. The fourth-order valence-electron chi connectivity index (χ4n) is 1.26. The molecule has 0 aliphatic carbocycles. The van der Waals surface area contributed by atoms with Crippen molar-refractivity contribution < 1.29 is 9.90 Å². The summed E-state index contributed by atoms with van der Waals surface area (Å²) in [5.74, 6) is -0.748. The fraction of sp³-hybridized carbons (Fsp3) is 0.364. The van der Waals surface area contributed by atoms with Gasteiger partial charge in [0.05, 0.1) is 10.7 Å². The van der Waals surface area contributed by atoms with E-state index in [1.54, 1.807) is 0 Å². The Hall–Kier alpha value is -0.740. The third-order valence-electron chi connectivity index (χ3n) is 2.06. The molecule has 3 nitrogen and oxygen atoms in total. The Bertz CT molecular complexity index is 371. The number of carbonyl (C=O) groups is 1. The molecule has 0 aliphatic rings. The van der Waals surface area contributed by atoms with Crippen LogP contribution in [0.25, 0.3) is 0 Å². The Morgan fingerprint density at radius 1 is 1.44 bits per heavy atom. The number of halogens is 2. The summed E-state index contributed by atoms with van der Waals surface area (Å²) in [7, 11) is 0. The molecule has 0 heterocycles. The van der Waals surface area contributed by atoms with Crippen molar-refractivity contribution in [2.24, 2.45) is 0 Å². The van der Waals surface area contributed by atoms with Gasteiger partial charge in [0, 0.05) is 17.4 Å². The standard InChI is InChI=1S/C11H13BrClNO2/c12-8-4-5-10(9(13)7-8)14-6-2-1-3-11(15)16/h4-5,7,14H,1-3,6H2,(H,15,16). The average Bonchev–Trinajstić information content (AvgIpc) is 2.20. The molecular weight excluding hydrogens is 293 g/mol. The van der Waals surface area contributed by atoms with Gasteiger partial charge >= 0.3 is 5.97 Å². The molecule has 1 rings (SSSR count). The smallest absolute Gasteiger partial charge is 0.303 e. The van der Waals surface area contributed by atoms with Crippen LogP contribution in [0.3, 0.4) is 0 Å². The zero-order chi connectivity index (χ0) is 12.0. The number of nitrogens with one attached hydrogen (secondary N) is 1. The van der Waals surface area contributed by atoms with Crippen molar-refractivity contribution in [2.75, 3.05) is 11.9 Å². The van der Waals surface area contributed by atoms with E-state index in [1.807, 2.05) is 18.2 Å². The van der Waals surface area contributed by atoms with Crippen LogP contribution in [0.2, 0.25) is 5.02 Å². The van der Waals surface area contributed by atoms with Crippen LogP contribution in [-0.2, 0) is 4.79 Å². The van der Waals surface area contributed by atoms with E-state index in [0.29, 0.717) is 11.4 Å². The molecule has 0 radical (unpaired) electrons. The van der Waals surface area contributed by atoms with E-state index < -0.39 is 5.97 Å². The highest BCUT2D eigenvalue weighted by molar-refractivity contribution is 9.10. The monoisotopic (exact) mass is 305 g/mol. The van der Waals surface area contributed by atoms with Crippen LogP contribution in [0.4, 0.5) is 5.69 Å². The van der Waals surface area contributed by atoms with Crippen molar-refractivity contribution in [1.82, 2.24) is 0 Å². The number of carboxylic acids is 1. The van der Waals surface area contributed by atoms with Gasteiger partial charge in [0.15, 0.2) is 0 Å². The number of hydrogen-bond donors (Lipinski definition) is 2. The molecule has 2 N–H and O–H groups in total. The Balaban J connectivity index is 2.29. The molecule has 88 valence electrons. The van der Waals surface area contributed by atoms with Crippen LogP contribution in [0.1, 0.15) is 19.3 Å². The molecule has 0 aliphatic heterocycles. The minimum atomic E-state index is -0.748. The van der Waals surface area contributed by atoms with Crippen LogP contribution < -0.4 is 5.32 Å². The summed E-state index contributed by atoms with van der Waals surface area (Å²) in [5, 5.41) is 12.3. The highest BCUT2D eigenvalue weighted by Gasteiger charge is 2.00. The predicted octanol–water partition coefficient (Wildman–Crippen LogP) is 3.77. The van der Waals surface area contributed by atoms with E-state index in [1.165, 1.54) is 0 Å². The van der Waals surface area contributed by atoms with Gasteiger partial charge in [0.2, 0.25) is 0 Å². The Morgan fingerprint density at radius 2 is 2.19 bits per heavy atom. The summed E-state index contributed by atoms with van der Waals surface area (Å²) in [6.45, 7) is 0.731. The number of carboxylic acid groups (broad SMARTS) is 1. The van der Waals surface area contributed by atoms with Crippen LogP contribution in [-0.4, -0.2) is 17.6 Å². The lowest BCUT2D eigenvalue weighted by atomic mass is 10.2. The molecule has 1 aromatic rings. The molecule has 0 bridgehead atoms. The maximum atomic E-state index is 10.3. The van der Waals surface area contributed by atoms with Gasteiger partial charge in [0.25, 0.3) is 0 Å². The number of unbranched alkanes of at least 4 members (excludes halogenated alkanes) is 1. The lowest BCUT2D eigenvalue weighted by molar-refractivity contribution is -0.137. The lowest BCUT2D eigenvalue weighted by Gasteiger charge is -2.07. The molecule has 0 saturated carbocycles. The third-order valence-corrected chi connectivity index (χ3v) is 2.87. The first-order chi connectivity index (χ1) is 7.59. The quantitative estimate of drug-likeness (QED) is 0.787. The maximum Gasteiger partial charge on any atom is 0.303 e. The van der Waals surface area contributed by atoms with Gasteiger partial charge in [-0.1, -0.05) is 27.5 Å². The summed E-state index contributed by atoms with van der Waals surface area (Å²) >= 11 is 9.33. The van der Waals surface area contributed by atoms with Crippen LogP contribution >= 0.6 is 27.5 Å². The van der Waals surface area contributed by atoms with E-state index in [0.717, 1.165) is 23.1 Å². The summed E-state index contributed by atoms with van der Waals surface area (Å²) in [6.07, 6.45) is 1.71. The van der Waals surface area contributed by atoms with Crippen LogP contribution in [0.5, 0.6) is 0 Å². The molecule has 0 saturated heterocycles. The minimum absolute atomic E-state index is 0.218. The van der Waals surface area contributed by atoms with Gasteiger partial charge in [-0.25, -0.2) is 0 Å². The van der Waals surface area contributed by atoms with E-state index in [9.17, 15) is 4.79 Å². The van der Waals surface area contributed by atoms with Crippen molar-refractivity contribution >= 4 is 39.2 Å². The SMILES string of the molecule is O=C(O)CCCCNc1ccc(Br)cc1Cl. The number of aliphatic carboxylic acids is 1. The second kappa shape index (κ2) is 6.76. The zero-order valence-corrected chi connectivity index (χ0v) is 11.0. The van der Waals surface area contributed by atoms with Crippen molar-refractivity contribution in [1.29, 1.82) is 0 Å². The summed E-state index contributed by atoms with van der Waals surface area (Å²) < 4.78 is 0.939. The predicted molar refractivity (Wildman–Crippen MR) is 69.1 cm³/mol. The Morgan fingerprint density at radius 3 is 2.81 bits per heavy atom. The Labute approximate surface area is 108 Å². The number of benzene rings is 1. The second-order valence-electron chi connectivity index (χ2n) is 3.40. The molecule has 0 aromatic heterocycles. The highest BCUT2D eigenvalue weighted by atomic mass is 79.9. The largest absolute Gasteiger partial charge is 0.481 e. The molecule has 1 aromatic carbocycles. The number of anilines is 1. The van der Waals surface area contributed by atoms with Gasteiger partial charge < -0.3 is 10.4 Å². The van der Waals surface area contributed by atoms with E-state index in [4.69, 9.17) is 16.7 Å². The van der Waals surface area contributed by atoms with Gasteiger partial charge in [0.1, 0.15) is 0 Å². The molecule has 0 unspecified atom stereocenters. The fourth-order valence-corrected chi connectivity index (χ4v) is 2.00. The van der Waals surface area contributed by atoms with Crippen LogP contribution in [0, 0.1) is 0 Å². The third kappa shape index (κ3) is 4.86. The molecular formula is C11H13BrClNO2. The molecule has 5 heteroatoms. The second-order valence-corrected chi connectivity index (χ2v) is 4.72. The lowest BCUT2D eigenvalue weighted by Crippen LogP contribution is -2.03. The summed E-state index contributed by atoms with van der Waals surface area (Å²) in [6, 6.07) is 5.62. The first-order valence-electron chi connectivity index (χ1n) is 5.00. The number of rotatable bonds is 6. The summed E-state index contributed by atoms with van der Waals surface area (Å²) in [4.78, 5) is 10.3. The van der Waals surface area contributed by atoms with Gasteiger partial charge in [-0.05, 0) is 31.0 Å². The van der Waals surface area contributed by atoms with Gasteiger partial charge in [-0.3, -0.25) is 4.79 Å². The Kier molecular flexibility index (Phi) is 5.63. The van der Waals surface area contributed by atoms with E-state index >= 15 is 0 Å². The number of hydrogen-bond acceptors (Lipinski definition) is 2. The van der Waals surface area contributed by atoms with Gasteiger partial charge in [-0.2, -0.15) is 0 Å². The van der Waals surface area contributed by atoms with Crippen LogP contribution in [0.15, 0.2) is 22.7 Å². The first-order valence-corrected chi connectivity index (χ1v) is 6.17. The van der Waals surface area contributed by atoms with E-state index in [2.05, 4.69) is 21.2 Å². The van der Waals surface area contributed by atoms with Gasteiger partial charge in [-0.15, -0.1) is 0 Å². The van der Waals surface area contributed by atoms with Crippen molar-refractivity contribution in [3.63, 3.8) is 0 Å². The molecule has 0 spiro atoms. The maximum absolute atomic E-state index is 10.3. The van der Waals surface area contributed by atoms with Crippen molar-refractivity contribution in [3.05, 3.63) is 27.7 Å². The summed E-state index contributed by atoms with van der Waals surface area (Å²) in [5.41, 5.74) is 0.875. The van der Waals surface area contributed by atoms with Crippen molar-refractivity contribution in [3.8, 4) is 0 Å². The highest BCUT2D eigenvalue weighted by Crippen LogP contribution is 2.25. The van der Waals surface area contributed by atoms with E-state index in [-0.39, 0.29) is 6.42 Å². The zero-order valence-electron chi connectivity index (χ0n) is 8.67. The normalized spacial score (nSPS) is 10.1. The average molecular weight is 307 g/mol. The first kappa shape index (κ1) is 13.3. The topological polar surface area (TPSA) is 49.3 Å². The minimum Gasteiger partial charge on any atom is -0.481 e. The molecule has 0 fully saturated rings. The van der Waals surface area contributed by atoms with Crippen molar-refractivity contribution in [2.45, 2.75) is 19.3 Å².